The van der Waals surface area contributed by atoms with Gasteiger partial charge in [0.1, 0.15) is 22.6 Å². The molecule has 0 bridgehead atoms. The van der Waals surface area contributed by atoms with Gasteiger partial charge in [-0.15, -0.1) is 0 Å². The Hall–Kier alpha value is -6.09. The van der Waals surface area contributed by atoms with Gasteiger partial charge in [-0.2, -0.15) is 20.7 Å². The number of hydrogen-bond acceptors (Lipinski definition) is 14. The Kier molecular flexibility index (Phi) is 13.4. The maximum Gasteiger partial charge on any atom is 0.552 e. The molecule has 4 aliphatic rings. The van der Waals surface area contributed by atoms with Gasteiger partial charge < -0.3 is 51.3 Å². The standard InChI is InChI=1S/C19H20BN5O4.C10H13N5O2.C9H8BBrO2/c1-11-7-20(27)29-17-3-2-13(6-14(11)17)23-19-15(18(22)26)9-25(24-19)16-10-28-5-4-12(16)8-21;11-3-6-1-2-17-5-8(6)15-4-7(10(13)16)9(12)14-15;1-6-5-10(12)13-9-3-2-7(11)4-8(6)9/h2-3,6-7,9,12,16,27H,4-5,10H2,1H3,(H2,22,26)(H,23,24);4,6,8H,1-2,5H2,(H2,12,14)(H2,13,16);2-5,12H,1H3/t12-,16?;6-,8?;/m11./s1. The first-order valence-electron chi connectivity index (χ1n) is 18.5. The monoisotopic (exact) mass is 866 g/mol. The number of nitrogens with one attached hydrogen (secondary N) is 1. The molecule has 2 aromatic heterocycles. The Morgan fingerprint density at radius 2 is 1.34 bits per heavy atom. The number of carbonyl (C=O) groups is 2. The van der Waals surface area contributed by atoms with E-state index in [2.05, 4.69) is 43.6 Å². The fraction of sp³-hybridized carbons (Fsp3) is 0.316. The van der Waals surface area contributed by atoms with E-state index in [4.69, 9.17) is 41.2 Å². The Morgan fingerprint density at radius 3 is 1.86 bits per heavy atom. The van der Waals surface area contributed by atoms with Crippen molar-refractivity contribution in [2.45, 2.75) is 38.8 Å². The van der Waals surface area contributed by atoms with E-state index >= 15 is 0 Å². The lowest BCUT2D eigenvalue weighted by Crippen LogP contribution is -2.29. The minimum atomic E-state index is -0.968. The van der Waals surface area contributed by atoms with Crippen molar-refractivity contribution in [2.24, 2.45) is 23.3 Å². The molecule has 304 valence electrons. The normalized spacial score (nSPS) is 20.5. The summed E-state index contributed by atoms with van der Waals surface area (Å²) in [6, 6.07) is 15.1. The summed E-state index contributed by atoms with van der Waals surface area (Å²) < 4.78 is 25.5. The van der Waals surface area contributed by atoms with Crippen LogP contribution >= 0.6 is 15.9 Å². The number of carbonyl (C=O) groups excluding carboxylic acids is 2. The fourth-order valence-corrected chi connectivity index (χ4v) is 7.23. The van der Waals surface area contributed by atoms with E-state index in [-0.39, 0.29) is 40.9 Å². The van der Waals surface area contributed by atoms with Crippen LogP contribution in [0.3, 0.4) is 0 Å². The lowest BCUT2D eigenvalue weighted by molar-refractivity contribution is 0.0341. The summed E-state index contributed by atoms with van der Waals surface area (Å²) in [4.78, 5) is 23.0. The number of hydrogen-bond donors (Lipinski definition) is 6. The Morgan fingerprint density at radius 1 is 0.831 bits per heavy atom. The predicted molar refractivity (Wildman–Crippen MR) is 221 cm³/mol. The van der Waals surface area contributed by atoms with Gasteiger partial charge in [-0.1, -0.05) is 15.9 Å². The topological polar surface area (TPSA) is 285 Å². The molecule has 21 heteroatoms. The van der Waals surface area contributed by atoms with E-state index in [1.165, 1.54) is 10.9 Å². The number of nitrogen functional groups attached to an aromatic ring is 1. The summed E-state index contributed by atoms with van der Waals surface area (Å²) in [6.45, 7) is 5.66. The van der Waals surface area contributed by atoms with E-state index < -0.39 is 26.1 Å². The Labute approximate surface area is 348 Å². The maximum absolute atomic E-state index is 12.0. The Bertz CT molecular complexity index is 2370. The highest BCUT2D eigenvalue weighted by molar-refractivity contribution is 9.10. The zero-order valence-corrected chi connectivity index (χ0v) is 33.7. The van der Waals surface area contributed by atoms with Gasteiger partial charge in [-0.05, 0) is 86.2 Å². The average Bonchev–Trinajstić information content (AvgIpc) is 3.82. The summed E-state index contributed by atoms with van der Waals surface area (Å²) in [5.41, 5.74) is 21.1. The smallest absolute Gasteiger partial charge is 0.532 e. The number of nitriles is 2. The van der Waals surface area contributed by atoms with Crippen LogP contribution in [0.1, 0.15) is 70.6 Å². The largest absolute Gasteiger partial charge is 0.552 e. The lowest BCUT2D eigenvalue weighted by atomic mass is 9.82. The van der Waals surface area contributed by atoms with Crippen LogP contribution in [0.4, 0.5) is 17.3 Å². The number of ether oxygens (including phenoxy) is 2. The van der Waals surface area contributed by atoms with Gasteiger partial charge in [-0.3, -0.25) is 19.0 Å². The summed E-state index contributed by atoms with van der Waals surface area (Å²) in [6.07, 6.45) is 4.28. The zero-order chi connectivity index (χ0) is 42.4. The fourth-order valence-electron chi connectivity index (χ4n) is 6.87. The van der Waals surface area contributed by atoms with Crippen LogP contribution < -0.4 is 31.8 Å². The van der Waals surface area contributed by atoms with Crippen LogP contribution in [0.5, 0.6) is 11.5 Å². The molecule has 2 amide bonds. The van der Waals surface area contributed by atoms with Gasteiger partial charge in [0.15, 0.2) is 11.6 Å². The van der Waals surface area contributed by atoms with E-state index in [9.17, 15) is 24.9 Å². The number of fused-ring (bicyclic) bond motifs is 2. The van der Waals surface area contributed by atoms with Crippen molar-refractivity contribution in [3.05, 3.63) is 87.5 Å². The second-order valence-corrected chi connectivity index (χ2v) is 14.9. The number of halogens is 1. The molecule has 59 heavy (non-hydrogen) atoms. The highest BCUT2D eigenvalue weighted by Crippen LogP contribution is 2.35. The van der Waals surface area contributed by atoms with Crippen molar-refractivity contribution in [3.63, 3.8) is 0 Å². The summed E-state index contributed by atoms with van der Waals surface area (Å²) in [7, 11) is -1.78. The predicted octanol–water partition coefficient (Wildman–Crippen LogP) is 3.57. The number of benzene rings is 2. The molecule has 4 aliphatic heterocycles. The number of allylic oxidation sites excluding steroid dienone is 2. The molecule has 2 unspecified atom stereocenters. The van der Waals surface area contributed by atoms with E-state index in [0.717, 1.165) is 32.5 Å². The molecule has 0 saturated carbocycles. The van der Waals surface area contributed by atoms with Crippen LogP contribution in [-0.4, -0.2) is 82.1 Å². The molecular formula is C38H41B2BrN10O8. The van der Waals surface area contributed by atoms with Gasteiger partial charge in [-0.25, -0.2) is 0 Å². The highest BCUT2D eigenvalue weighted by atomic mass is 79.9. The van der Waals surface area contributed by atoms with Crippen LogP contribution in [0, 0.1) is 34.5 Å². The van der Waals surface area contributed by atoms with Gasteiger partial charge in [0, 0.05) is 46.9 Å². The summed E-state index contributed by atoms with van der Waals surface area (Å²) in [5, 5.41) is 49.0. The molecule has 9 N–H and O–H groups in total. The third-order valence-electron chi connectivity index (χ3n) is 10.0. The first-order valence-corrected chi connectivity index (χ1v) is 19.3. The number of primary amides is 2. The van der Waals surface area contributed by atoms with Gasteiger partial charge in [0.25, 0.3) is 11.8 Å². The Balaban J connectivity index is 0.000000165. The SMILES string of the molecule is CC1=CB(O)Oc2ccc(Br)cc21.CC1=CB(O)Oc2ccc(Nc3nn(C4COCC[C@@H]4C#N)cc3C(N)=O)cc21.N#C[C@H]1CCOCC1n1cc(C(N)=O)c(N)n1. The van der Waals surface area contributed by atoms with Crippen molar-refractivity contribution < 1.29 is 38.4 Å². The lowest BCUT2D eigenvalue weighted by Gasteiger charge is -2.26. The van der Waals surface area contributed by atoms with Crippen molar-refractivity contribution in [3.8, 4) is 23.6 Å². The third kappa shape index (κ3) is 9.97. The molecule has 2 aromatic carbocycles. The van der Waals surface area contributed by atoms with Crippen molar-refractivity contribution in [1.82, 2.24) is 19.6 Å². The molecule has 6 heterocycles. The molecular weight excluding hydrogens is 826 g/mol. The van der Waals surface area contributed by atoms with Crippen molar-refractivity contribution in [1.29, 1.82) is 10.5 Å². The number of nitrogens with two attached hydrogens (primary N) is 3. The second kappa shape index (κ2) is 18.7. The minimum absolute atomic E-state index is 0.0831. The number of nitrogens with zero attached hydrogens (tertiary/aromatic N) is 6. The number of anilines is 3. The van der Waals surface area contributed by atoms with E-state index in [0.29, 0.717) is 56.5 Å². The number of amides is 2. The van der Waals surface area contributed by atoms with Crippen molar-refractivity contribution >= 4 is 70.5 Å². The molecule has 8 rings (SSSR count). The zero-order valence-electron chi connectivity index (χ0n) is 32.1. The van der Waals surface area contributed by atoms with Crippen LogP contribution in [0.2, 0.25) is 0 Å². The molecule has 0 radical (unpaired) electrons. The van der Waals surface area contributed by atoms with Gasteiger partial charge in [0.2, 0.25) is 0 Å². The quantitative estimate of drug-likeness (QED) is 0.151. The van der Waals surface area contributed by atoms with Crippen LogP contribution in [0.25, 0.3) is 11.1 Å². The average molecular weight is 867 g/mol. The first kappa shape index (κ1) is 42.5. The molecule has 18 nitrogen and oxygen atoms in total. The number of aromatic nitrogens is 4. The summed E-state index contributed by atoms with van der Waals surface area (Å²) >= 11 is 3.39. The van der Waals surface area contributed by atoms with Gasteiger partial charge >= 0.3 is 14.2 Å². The number of rotatable bonds is 6. The molecule has 2 saturated heterocycles. The maximum atomic E-state index is 12.0. The molecule has 4 atom stereocenters. The molecule has 4 aromatic rings. The molecule has 0 spiro atoms. The minimum Gasteiger partial charge on any atom is -0.532 e. The first-order chi connectivity index (χ1) is 28.3. The third-order valence-corrected chi connectivity index (χ3v) is 10.5. The highest BCUT2D eigenvalue weighted by Gasteiger charge is 2.31. The van der Waals surface area contributed by atoms with Crippen molar-refractivity contribution in [2.75, 3.05) is 37.5 Å². The van der Waals surface area contributed by atoms with Crippen LogP contribution in [0.15, 0.2) is 65.2 Å². The van der Waals surface area contributed by atoms with E-state index in [1.54, 1.807) is 35.0 Å². The second-order valence-electron chi connectivity index (χ2n) is 14.0. The van der Waals surface area contributed by atoms with Crippen LogP contribution in [-0.2, 0) is 9.47 Å². The van der Waals surface area contributed by atoms with Gasteiger partial charge in [0.05, 0.1) is 49.3 Å². The summed E-state index contributed by atoms with van der Waals surface area (Å²) in [5.74, 6) is 3.30. The van der Waals surface area contributed by atoms with E-state index in [1.807, 2.05) is 38.1 Å². The molecule has 2 fully saturated rings. The molecule has 0 aliphatic carbocycles.